The van der Waals surface area contributed by atoms with Crippen molar-refractivity contribution in [2.24, 2.45) is 0 Å². The normalized spacial score (nSPS) is 18.5. The lowest BCUT2D eigenvalue weighted by molar-refractivity contribution is -0.116. The van der Waals surface area contributed by atoms with Crippen LogP contribution in [0.25, 0.3) is 0 Å². The van der Waals surface area contributed by atoms with Crippen LogP contribution in [0.15, 0.2) is 97.1 Å². The lowest BCUT2D eigenvalue weighted by Crippen LogP contribution is -2.39. The number of nitrogens with zero attached hydrogens (tertiary/aromatic N) is 16. The van der Waals surface area contributed by atoms with E-state index in [1.807, 2.05) is 39.0 Å². The predicted octanol–water partition coefficient (Wildman–Crippen LogP) is 13.7. The Morgan fingerprint density at radius 3 is 0.750 bits per heavy atom. The highest BCUT2D eigenvalue weighted by Gasteiger charge is 2.33. The molecular weight excluding hydrogens is 1570 g/mol. The molecule has 32 heteroatoms. The van der Waals surface area contributed by atoms with Crippen molar-refractivity contribution in [3.63, 3.8) is 0 Å². The van der Waals surface area contributed by atoms with Crippen molar-refractivity contribution in [3.8, 4) is 24.0 Å². The lowest BCUT2D eigenvalue weighted by atomic mass is 10.1. The zero-order chi connectivity index (χ0) is 94.2. The molecule has 4 fully saturated rings. The molecule has 3 atom stereocenters. The Hall–Kier alpha value is -11.5. The fourth-order valence-electron chi connectivity index (χ4n) is 15.2. The van der Waals surface area contributed by atoms with Crippen molar-refractivity contribution < 1.29 is 54.6 Å². The predicted molar refractivity (Wildman–Crippen MR) is 497 cm³/mol. The number of hydrogen-bond acceptors (Lipinski definition) is 28. The minimum absolute atomic E-state index is 0. The number of rotatable bonds is 32. The minimum Gasteiger partial charge on any atom is -0.463 e. The second-order valence-corrected chi connectivity index (χ2v) is 30.8. The Morgan fingerprint density at radius 1 is 0.331 bits per heavy atom. The van der Waals surface area contributed by atoms with E-state index in [4.69, 9.17) is 58.3 Å². The van der Waals surface area contributed by atoms with Crippen LogP contribution >= 0.6 is 0 Å². The molecule has 0 radical (unpaired) electrons. The van der Waals surface area contributed by atoms with Crippen molar-refractivity contribution in [3.05, 3.63) is 142 Å². The van der Waals surface area contributed by atoms with Crippen molar-refractivity contribution in [2.45, 2.75) is 212 Å². The number of nitrogens with one attached hydrogen (secondary N) is 4. The average Bonchev–Trinajstić information content (AvgIpc) is 0.825. The van der Waals surface area contributed by atoms with Gasteiger partial charge in [-0.3, -0.25) is 38.8 Å². The summed E-state index contributed by atoms with van der Waals surface area (Å²) < 4.78 is 114. The summed E-state index contributed by atoms with van der Waals surface area (Å²) in [5, 5.41) is 10.9. The molecule has 16 rings (SSSR count). The first-order chi connectivity index (χ1) is 62.9. The third kappa shape index (κ3) is 27.3. The van der Waals surface area contributed by atoms with E-state index in [9.17, 15) is 19.2 Å². The molecule has 4 aromatic heterocycles. The van der Waals surface area contributed by atoms with Crippen LogP contribution in [0.4, 0.5) is 69.3 Å². The Kier molecular flexibility index (Phi) is 30.8. The second-order valence-electron chi connectivity index (χ2n) is 30.8. The summed E-state index contributed by atoms with van der Waals surface area (Å²) in [6, 6.07) is 33.2. The maximum Gasteiger partial charge on any atom is 0.320 e. The molecular formula is C92H136N24O8. The van der Waals surface area contributed by atoms with Gasteiger partial charge in [0.15, 0.2) is 46.5 Å². The first-order valence-electron chi connectivity index (χ1n) is 47.6. The molecule has 12 heterocycles. The summed E-state index contributed by atoms with van der Waals surface area (Å²) in [6.07, 6.45) is 3.89. The van der Waals surface area contributed by atoms with E-state index in [-0.39, 0.29) is 158 Å². The summed E-state index contributed by atoms with van der Waals surface area (Å²) in [7, 11) is 0. The van der Waals surface area contributed by atoms with Crippen LogP contribution in [-0.4, -0.2) is 188 Å². The molecule has 32 nitrogen and oxygen atoms in total. The van der Waals surface area contributed by atoms with Gasteiger partial charge in [-0.1, -0.05) is 180 Å². The van der Waals surface area contributed by atoms with Gasteiger partial charge in [0.05, 0.1) is 55.3 Å². The van der Waals surface area contributed by atoms with Crippen LogP contribution < -0.4 is 82.7 Å². The standard InChI is InChI=1S/4C22H30N6O2.4CH4/c4*1-2-3-12-30-22-25-20(23)19-21(26-22)28(15-18(29)24-19)14-17-8-6-16(7-9-17)13-27-10-4-5-11-27;;;;/h4*6-9H,2-5,10-15H2,1H3,(H,24,29)(H2,23,25,26);4*1H4/i1D3,2D2,3D2,12D2;3*2D;;;;/t;2*2-;;;;;/m.10...../s1. The maximum atomic E-state index is 12.4. The van der Waals surface area contributed by atoms with E-state index >= 15 is 0 Å². The Labute approximate surface area is 750 Å². The number of likely N-dealkylation sites (tertiary alicyclic amines) is 4. The van der Waals surface area contributed by atoms with Crippen LogP contribution in [0.5, 0.6) is 24.0 Å². The number of benzene rings is 4. The monoisotopic (exact) mass is 1720 g/mol. The van der Waals surface area contributed by atoms with Crippen LogP contribution in [0, 0.1) is 0 Å². The molecule has 4 saturated heterocycles. The van der Waals surface area contributed by atoms with Gasteiger partial charge in [0.2, 0.25) is 23.6 Å². The van der Waals surface area contributed by atoms with Crippen LogP contribution in [0.3, 0.4) is 0 Å². The van der Waals surface area contributed by atoms with Crippen LogP contribution in [0.2, 0.25) is 0 Å². The first-order valence-corrected chi connectivity index (χ1v) is 41.4. The molecule has 8 aliphatic heterocycles. The zero-order valence-corrected chi connectivity index (χ0v) is 68.7. The van der Waals surface area contributed by atoms with Crippen molar-refractivity contribution >= 4 is 92.9 Å². The van der Waals surface area contributed by atoms with Gasteiger partial charge in [-0.2, -0.15) is 39.9 Å². The van der Waals surface area contributed by atoms with Gasteiger partial charge in [-0.25, -0.2) is 0 Å². The van der Waals surface area contributed by atoms with Gasteiger partial charge in [0.25, 0.3) is 0 Å². The number of aromatic nitrogens is 8. The topological polar surface area (TPSA) is 386 Å². The Bertz CT molecular complexity index is 4890. The van der Waals surface area contributed by atoms with Gasteiger partial charge in [0.1, 0.15) is 22.7 Å². The number of carbonyl (C=O) groups is 4. The van der Waals surface area contributed by atoms with Gasteiger partial charge >= 0.3 is 24.0 Å². The van der Waals surface area contributed by atoms with Crippen molar-refractivity contribution in [2.75, 3.05) is 169 Å². The summed E-state index contributed by atoms with van der Waals surface area (Å²) in [5.41, 5.74) is 34.7. The molecule has 0 saturated carbocycles. The SMILES string of the molecule is C.C.C.C.[2H]C(C)CCOc1nc(N)c2c(n1)N(Cc1ccc(CN3CCCC3)cc1)CC(=O)N2.[2H]C([2H])([2H])C([2H])([2H])C([2H])([2H])C([2H])([2H])Oc1nc(N)c2c(n1)N(Cc1ccc(CN3CCCC3)cc1)CC(=O)N2.[2H][C@@H](C)CCOc1nc(N)c2c(n1)N(Cc1ccc(CN3CCCC3)cc1)CC(=O)N2.[2H][C@H](C)CCOc1nc(N)c2c(n1)N(Cc1ccc(CN3CCCC3)cc1)CC(=O)N2. The van der Waals surface area contributed by atoms with E-state index in [1.54, 1.807) is 25.7 Å². The minimum atomic E-state index is -3.65. The van der Waals surface area contributed by atoms with Gasteiger partial charge in [-0.05, 0) is 174 Å². The number of anilines is 12. The Balaban J connectivity index is 0.000000202. The fourth-order valence-corrected chi connectivity index (χ4v) is 15.2. The Morgan fingerprint density at radius 2 is 0.540 bits per heavy atom. The van der Waals surface area contributed by atoms with E-state index < -0.39 is 32.2 Å². The van der Waals surface area contributed by atoms with E-state index in [0.717, 1.165) is 67.1 Å². The molecule has 0 bridgehead atoms. The number of hydrogen-bond donors (Lipinski definition) is 8. The molecule has 8 aliphatic rings. The number of fused-ring (bicyclic) bond motifs is 4. The lowest BCUT2D eigenvalue weighted by Gasteiger charge is -2.30. The third-order valence-corrected chi connectivity index (χ3v) is 21.4. The molecule has 4 aromatic carbocycles. The van der Waals surface area contributed by atoms with Gasteiger partial charge in [0, 0.05) is 66.1 Å². The number of carbonyl (C=O) groups excluding carboxylic acids is 4. The fraction of sp³-hybridized carbons (Fsp3) is 0.522. The molecule has 672 valence electrons. The highest BCUT2D eigenvalue weighted by Crippen LogP contribution is 2.39. The van der Waals surface area contributed by atoms with Gasteiger partial charge < -0.3 is 82.7 Å². The molecule has 0 aliphatic carbocycles. The molecule has 8 aromatic rings. The van der Waals surface area contributed by atoms with Crippen molar-refractivity contribution in [1.29, 1.82) is 0 Å². The summed E-state index contributed by atoms with van der Waals surface area (Å²) in [4.78, 5) is 100. The van der Waals surface area contributed by atoms with Crippen molar-refractivity contribution in [1.82, 2.24) is 59.5 Å². The molecule has 12 N–H and O–H groups in total. The number of amides is 4. The van der Waals surface area contributed by atoms with E-state index in [2.05, 4.69) is 154 Å². The van der Waals surface area contributed by atoms with E-state index in [0.29, 0.717) is 93.2 Å². The average molecular weight is 1720 g/mol. The highest BCUT2D eigenvalue weighted by atomic mass is 16.5. The second kappa shape index (κ2) is 48.0. The number of nitrogen functional groups attached to an aromatic ring is 4. The third-order valence-electron chi connectivity index (χ3n) is 21.4. The van der Waals surface area contributed by atoms with Crippen LogP contribution in [-0.2, 0) is 71.5 Å². The quantitative estimate of drug-likeness (QED) is 0.0194. The molecule has 1 unspecified atom stereocenters. The zero-order valence-electron chi connectivity index (χ0n) is 80.7. The summed E-state index contributed by atoms with van der Waals surface area (Å²) in [5.74, 6) is 1.19. The van der Waals surface area contributed by atoms with Gasteiger partial charge in [-0.15, -0.1) is 0 Å². The maximum absolute atomic E-state index is 12.4. The van der Waals surface area contributed by atoms with E-state index in [1.165, 1.54) is 107 Å². The summed E-state index contributed by atoms with van der Waals surface area (Å²) >= 11 is 0. The molecule has 4 amide bonds. The smallest absolute Gasteiger partial charge is 0.320 e. The molecule has 0 spiro atoms. The number of ether oxygens (including phenoxy) is 4. The number of nitrogens with two attached hydrogens (primary N) is 4. The van der Waals surface area contributed by atoms with Crippen LogP contribution in [0.1, 0.15) is 221 Å². The highest BCUT2D eigenvalue weighted by molar-refractivity contribution is 6.05. The summed E-state index contributed by atoms with van der Waals surface area (Å²) in [6.45, 7) is 14.7. The first kappa shape index (κ1) is 79.7. The molecule has 124 heavy (non-hydrogen) atoms. The largest absolute Gasteiger partial charge is 0.463 e.